The van der Waals surface area contributed by atoms with Gasteiger partial charge in [-0.2, -0.15) is 0 Å². The number of hydrogen-bond acceptors (Lipinski definition) is 6. The average Bonchev–Trinajstić information content (AvgIpc) is 3.22. The van der Waals surface area contributed by atoms with Crippen LogP contribution in [0.25, 0.3) is 33.1 Å². The van der Waals surface area contributed by atoms with Crippen LogP contribution in [-0.4, -0.2) is 31.8 Å². The monoisotopic (exact) mass is 309 g/mol. The largest absolute Gasteiger partial charge is 0.396 e. The molecule has 1 aromatic carbocycles. The molecule has 4 N–H and O–H groups in total. The highest BCUT2D eigenvalue weighted by atomic mass is 16.5. The number of aromatic nitrogens is 4. The van der Waals surface area contributed by atoms with Crippen LogP contribution in [0.3, 0.4) is 0 Å². The predicted molar refractivity (Wildman–Crippen MR) is 86.7 cm³/mol. The van der Waals surface area contributed by atoms with Gasteiger partial charge in [-0.1, -0.05) is 11.2 Å². The average molecular weight is 309 g/mol. The van der Waals surface area contributed by atoms with Gasteiger partial charge in [0.1, 0.15) is 28.9 Å². The number of anilines is 1. The number of nitrogens with one attached hydrogen (secondary N) is 1. The first kappa shape index (κ1) is 13.7. The summed E-state index contributed by atoms with van der Waals surface area (Å²) in [4.78, 5) is 12.3. The molecule has 116 valence electrons. The third-order valence-corrected chi connectivity index (χ3v) is 3.84. The quantitative estimate of drug-likeness (QED) is 0.533. The van der Waals surface area contributed by atoms with E-state index in [1.165, 1.54) is 0 Å². The van der Waals surface area contributed by atoms with Crippen molar-refractivity contribution < 1.29 is 9.63 Å². The van der Waals surface area contributed by atoms with E-state index in [2.05, 4.69) is 20.1 Å². The van der Waals surface area contributed by atoms with Crippen molar-refractivity contribution in [2.24, 2.45) is 0 Å². The molecule has 0 fully saturated rings. The summed E-state index contributed by atoms with van der Waals surface area (Å²) < 4.78 is 4.88. The Hall–Kier alpha value is -2.93. The fourth-order valence-corrected chi connectivity index (χ4v) is 2.70. The lowest BCUT2D eigenvalue weighted by Gasteiger charge is -2.03. The molecule has 23 heavy (non-hydrogen) atoms. The fourth-order valence-electron chi connectivity index (χ4n) is 2.70. The molecule has 4 rings (SSSR count). The van der Waals surface area contributed by atoms with E-state index < -0.39 is 0 Å². The van der Waals surface area contributed by atoms with E-state index in [-0.39, 0.29) is 6.61 Å². The first-order valence-corrected chi connectivity index (χ1v) is 7.34. The highest BCUT2D eigenvalue weighted by Crippen LogP contribution is 2.29. The molecule has 0 bridgehead atoms. The van der Waals surface area contributed by atoms with Crippen molar-refractivity contribution >= 4 is 27.8 Å². The zero-order valence-electron chi connectivity index (χ0n) is 12.3. The van der Waals surface area contributed by atoms with Gasteiger partial charge in [0.25, 0.3) is 0 Å². The number of imidazole rings is 1. The van der Waals surface area contributed by atoms with Crippen molar-refractivity contribution in [3.63, 3.8) is 0 Å². The number of rotatable bonds is 4. The van der Waals surface area contributed by atoms with Gasteiger partial charge in [-0.25, -0.2) is 9.97 Å². The number of H-pyrrole nitrogens is 1. The van der Waals surface area contributed by atoms with E-state index in [9.17, 15) is 0 Å². The number of aromatic amines is 1. The number of pyridine rings is 1. The van der Waals surface area contributed by atoms with Crippen molar-refractivity contribution in [1.29, 1.82) is 0 Å². The van der Waals surface area contributed by atoms with Gasteiger partial charge in [0.05, 0.1) is 11.7 Å². The SMILES string of the molecule is Nc1nc2cc(-c3cnoc3)ccc2c2nc(CCCO)[nH]c12. The van der Waals surface area contributed by atoms with Crippen LogP contribution in [0, 0.1) is 0 Å². The zero-order chi connectivity index (χ0) is 15.8. The maximum atomic E-state index is 8.96. The number of aryl methyl sites for hydroxylation is 1. The highest BCUT2D eigenvalue weighted by molar-refractivity contribution is 6.07. The van der Waals surface area contributed by atoms with Gasteiger partial charge in [0, 0.05) is 24.0 Å². The summed E-state index contributed by atoms with van der Waals surface area (Å²) in [7, 11) is 0. The minimum Gasteiger partial charge on any atom is -0.396 e. The Bertz CT molecular complexity index is 975. The van der Waals surface area contributed by atoms with E-state index in [1.807, 2.05) is 18.2 Å². The first-order valence-electron chi connectivity index (χ1n) is 7.34. The van der Waals surface area contributed by atoms with E-state index in [1.54, 1.807) is 12.5 Å². The van der Waals surface area contributed by atoms with Crippen molar-refractivity contribution in [3.05, 3.63) is 36.5 Å². The molecule has 3 heterocycles. The lowest BCUT2D eigenvalue weighted by Crippen LogP contribution is -1.93. The number of nitrogens with zero attached hydrogens (tertiary/aromatic N) is 3. The second-order valence-corrected chi connectivity index (χ2v) is 5.38. The third-order valence-electron chi connectivity index (χ3n) is 3.84. The third kappa shape index (κ3) is 2.31. The zero-order valence-corrected chi connectivity index (χ0v) is 12.3. The van der Waals surface area contributed by atoms with Crippen LogP contribution in [0.4, 0.5) is 5.82 Å². The molecule has 0 radical (unpaired) electrons. The molecule has 0 atom stereocenters. The Morgan fingerprint density at radius 2 is 2.13 bits per heavy atom. The van der Waals surface area contributed by atoms with Gasteiger partial charge in [0.2, 0.25) is 0 Å². The summed E-state index contributed by atoms with van der Waals surface area (Å²) in [5.41, 5.74) is 10.2. The number of hydrogen-bond donors (Lipinski definition) is 3. The van der Waals surface area contributed by atoms with Crippen LogP contribution in [0.15, 0.2) is 35.2 Å². The summed E-state index contributed by atoms with van der Waals surface area (Å²) in [6.07, 6.45) is 4.57. The summed E-state index contributed by atoms with van der Waals surface area (Å²) in [6.45, 7) is 0.133. The number of fused-ring (bicyclic) bond motifs is 3. The topological polar surface area (TPSA) is 114 Å². The van der Waals surface area contributed by atoms with Gasteiger partial charge in [-0.3, -0.25) is 0 Å². The number of nitrogen functional groups attached to an aromatic ring is 1. The molecule has 0 spiro atoms. The van der Waals surface area contributed by atoms with Gasteiger partial charge in [-0.15, -0.1) is 0 Å². The van der Waals surface area contributed by atoms with Crippen molar-refractivity contribution in [1.82, 2.24) is 20.1 Å². The second kappa shape index (κ2) is 5.36. The molecule has 0 aliphatic rings. The molecule has 0 unspecified atom stereocenters. The molecule has 0 amide bonds. The van der Waals surface area contributed by atoms with E-state index in [0.717, 1.165) is 38.9 Å². The Balaban J connectivity index is 1.89. The second-order valence-electron chi connectivity index (χ2n) is 5.38. The molecule has 4 aromatic rings. The summed E-state index contributed by atoms with van der Waals surface area (Å²) >= 11 is 0. The summed E-state index contributed by atoms with van der Waals surface area (Å²) in [5, 5.41) is 13.6. The number of benzene rings is 1. The number of aliphatic hydroxyl groups excluding tert-OH is 1. The molecule has 7 nitrogen and oxygen atoms in total. The van der Waals surface area contributed by atoms with Crippen LogP contribution < -0.4 is 5.73 Å². The van der Waals surface area contributed by atoms with Gasteiger partial charge >= 0.3 is 0 Å². The van der Waals surface area contributed by atoms with Crippen molar-refractivity contribution in [2.45, 2.75) is 12.8 Å². The number of aliphatic hydroxyl groups is 1. The van der Waals surface area contributed by atoms with Crippen LogP contribution in [-0.2, 0) is 6.42 Å². The summed E-state index contributed by atoms with van der Waals surface area (Å²) in [6, 6.07) is 5.90. The van der Waals surface area contributed by atoms with Crippen LogP contribution in [0.2, 0.25) is 0 Å². The lowest BCUT2D eigenvalue weighted by atomic mass is 10.1. The molecular weight excluding hydrogens is 294 g/mol. The maximum Gasteiger partial charge on any atom is 0.150 e. The lowest BCUT2D eigenvalue weighted by molar-refractivity contribution is 0.287. The summed E-state index contributed by atoms with van der Waals surface area (Å²) in [5.74, 6) is 1.22. The first-order chi connectivity index (χ1) is 11.3. The molecule has 0 aliphatic heterocycles. The van der Waals surface area contributed by atoms with Crippen molar-refractivity contribution in [2.75, 3.05) is 12.3 Å². The van der Waals surface area contributed by atoms with Crippen LogP contribution in [0.1, 0.15) is 12.2 Å². The Kier molecular flexibility index (Phi) is 3.20. The van der Waals surface area contributed by atoms with E-state index >= 15 is 0 Å². The Morgan fingerprint density at radius 1 is 1.22 bits per heavy atom. The van der Waals surface area contributed by atoms with Crippen LogP contribution in [0.5, 0.6) is 0 Å². The standard InChI is InChI=1S/C16H15N5O2/c17-16-15-14(20-13(21-15)2-1-5-22)11-4-3-9(6-12(11)19-16)10-7-18-23-8-10/h3-4,6-8,22H,1-2,5H2,(H2,17,19)(H,20,21). The normalized spacial score (nSPS) is 11.5. The Morgan fingerprint density at radius 3 is 2.91 bits per heavy atom. The maximum absolute atomic E-state index is 8.96. The predicted octanol–water partition coefficient (Wildman–Crippen LogP) is 2.27. The molecular formula is C16H15N5O2. The van der Waals surface area contributed by atoms with Crippen molar-refractivity contribution in [3.8, 4) is 11.1 Å². The Labute approximate surface area is 131 Å². The van der Waals surface area contributed by atoms with Crippen LogP contribution >= 0.6 is 0 Å². The molecule has 0 saturated heterocycles. The van der Waals surface area contributed by atoms with Gasteiger partial charge < -0.3 is 20.3 Å². The highest BCUT2D eigenvalue weighted by Gasteiger charge is 2.12. The minimum atomic E-state index is 0.133. The smallest absolute Gasteiger partial charge is 0.150 e. The minimum absolute atomic E-state index is 0.133. The molecule has 3 aromatic heterocycles. The fraction of sp³-hybridized carbons (Fsp3) is 0.188. The van der Waals surface area contributed by atoms with Gasteiger partial charge in [-0.05, 0) is 24.1 Å². The van der Waals surface area contributed by atoms with Gasteiger partial charge in [0.15, 0.2) is 0 Å². The number of nitrogens with two attached hydrogens (primary N) is 1. The molecule has 0 saturated carbocycles. The van der Waals surface area contributed by atoms with E-state index in [4.69, 9.17) is 15.4 Å². The molecule has 7 heteroatoms. The molecule has 0 aliphatic carbocycles. The van der Waals surface area contributed by atoms with E-state index in [0.29, 0.717) is 18.7 Å².